The van der Waals surface area contributed by atoms with Crippen LogP contribution < -0.4 is 5.32 Å². The van der Waals surface area contributed by atoms with Crippen LogP contribution >= 0.6 is 0 Å². The predicted octanol–water partition coefficient (Wildman–Crippen LogP) is 2.90. The van der Waals surface area contributed by atoms with E-state index in [4.69, 9.17) is 4.74 Å². The predicted molar refractivity (Wildman–Crippen MR) is 89.2 cm³/mol. The van der Waals surface area contributed by atoms with E-state index in [1.165, 1.54) is 12.1 Å². The van der Waals surface area contributed by atoms with Gasteiger partial charge in [-0.1, -0.05) is 31.2 Å². The minimum absolute atomic E-state index is 0.290. The van der Waals surface area contributed by atoms with Gasteiger partial charge in [-0.15, -0.1) is 0 Å². The summed E-state index contributed by atoms with van der Waals surface area (Å²) in [5.74, 6) is -1.18. The molecule has 2 rings (SSSR count). The van der Waals surface area contributed by atoms with Gasteiger partial charge in [0.25, 0.3) is 5.91 Å². The number of hydrogen-bond acceptors (Lipinski definition) is 3. The van der Waals surface area contributed by atoms with Crippen LogP contribution in [0.3, 0.4) is 0 Å². The summed E-state index contributed by atoms with van der Waals surface area (Å²) in [6, 6.07) is 13.2. The Morgan fingerprint density at radius 2 is 1.62 bits per heavy atom. The van der Waals surface area contributed by atoms with Crippen LogP contribution in [0.5, 0.6) is 0 Å². The van der Waals surface area contributed by atoms with Crippen LogP contribution in [0.15, 0.2) is 48.5 Å². The number of ether oxygens (including phenoxy) is 1. The van der Waals surface area contributed by atoms with Crippen molar-refractivity contribution in [3.05, 3.63) is 71.0 Å². The molecular formula is C19H20FNO3. The minimum atomic E-state index is -0.522. The van der Waals surface area contributed by atoms with Crippen molar-refractivity contribution >= 4 is 11.9 Å². The standard InChI is InChI=1S/C19H20FNO3/c1-2-14-3-7-16(8-4-14)19(23)24-13-18(22)21-12-11-15-5-9-17(20)10-6-15/h3-10H,2,11-13H2,1H3,(H,21,22). The van der Waals surface area contributed by atoms with Crippen LogP contribution in [0.1, 0.15) is 28.4 Å². The maximum Gasteiger partial charge on any atom is 0.338 e. The molecule has 4 nitrogen and oxygen atoms in total. The highest BCUT2D eigenvalue weighted by atomic mass is 19.1. The summed E-state index contributed by atoms with van der Waals surface area (Å²) < 4.78 is 17.8. The Labute approximate surface area is 140 Å². The molecular weight excluding hydrogens is 309 g/mol. The maximum absolute atomic E-state index is 12.8. The topological polar surface area (TPSA) is 55.4 Å². The van der Waals surface area contributed by atoms with Gasteiger partial charge in [0.15, 0.2) is 6.61 Å². The highest BCUT2D eigenvalue weighted by molar-refractivity contribution is 5.91. The van der Waals surface area contributed by atoms with Gasteiger partial charge in [0.05, 0.1) is 5.56 Å². The van der Waals surface area contributed by atoms with Gasteiger partial charge in [0.2, 0.25) is 0 Å². The van der Waals surface area contributed by atoms with Crippen molar-refractivity contribution in [2.45, 2.75) is 19.8 Å². The van der Waals surface area contributed by atoms with Crippen LogP contribution in [0.25, 0.3) is 0 Å². The first-order valence-corrected chi connectivity index (χ1v) is 7.85. The van der Waals surface area contributed by atoms with Gasteiger partial charge in [-0.3, -0.25) is 4.79 Å². The monoisotopic (exact) mass is 329 g/mol. The van der Waals surface area contributed by atoms with Crippen molar-refractivity contribution in [3.8, 4) is 0 Å². The fraction of sp³-hybridized carbons (Fsp3) is 0.263. The van der Waals surface area contributed by atoms with E-state index in [0.29, 0.717) is 18.5 Å². The average Bonchev–Trinajstić information content (AvgIpc) is 2.61. The zero-order chi connectivity index (χ0) is 17.4. The van der Waals surface area contributed by atoms with Gasteiger partial charge in [-0.05, 0) is 48.2 Å². The number of aryl methyl sites for hydroxylation is 1. The molecule has 0 fully saturated rings. The van der Waals surface area contributed by atoms with E-state index in [2.05, 4.69) is 5.32 Å². The Hall–Kier alpha value is -2.69. The number of halogens is 1. The molecule has 0 radical (unpaired) electrons. The number of amides is 1. The third-order valence-electron chi connectivity index (χ3n) is 3.58. The van der Waals surface area contributed by atoms with E-state index in [0.717, 1.165) is 17.5 Å². The van der Waals surface area contributed by atoms with Crippen LogP contribution in [-0.4, -0.2) is 25.0 Å². The summed E-state index contributed by atoms with van der Waals surface area (Å²) in [7, 11) is 0. The van der Waals surface area contributed by atoms with E-state index >= 15 is 0 Å². The molecule has 1 amide bonds. The molecule has 1 N–H and O–H groups in total. The summed E-state index contributed by atoms with van der Waals surface area (Å²) in [4.78, 5) is 23.5. The van der Waals surface area contributed by atoms with Gasteiger partial charge < -0.3 is 10.1 Å². The van der Waals surface area contributed by atoms with Crippen molar-refractivity contribution < 1.29 is 18.7 Å². The first-order valence-electron chi connectivity index (χ1n) is 7.85. The van der Waals surface area contributed by atoms with Crippen LogP contribution in [0, 0.1) is 5.82 Å². The van der Waals surface area contributed by atoms with Gasteiger partial charge in [0, 0.05) is 6.54 Å². The second-order valence-corrected chi connectivity index (χ2v) is 5.35. The van der Waals surface area contributed by atoms with E-state index in [-0.39, 0.29) is 18.3 Å². The number of carbonyl (C=O) groups excluding carboxylic acids is 2. The normalized spacial score (nSPS) is 10.2. The summed E-state index contributed by atoms with van der Waals surface area (Å²) in [6.07, 6.45) is 1.48. The molecule has 0 aromatic heterocycles. The molecule has 0 aliphatic heterocycles. The van der Waals surface area contributed by atoms with Crippen LogP contribution in [0.4, 0.5) is 4.39 Å². The molecule has 0 heterocycles. The number of hydrogen-bond donors (Lipinski definition) is 1. The molecule has 0 atom stereocenters. The minimum Gasteiger partial charge on any atom is -0.452 e. The number of esters is 1. The van der Waals surface area contributed by atoms with Crippen molar-refractivity contribution in [2.24, 2.45) is 0 Å². The summed E-state index contributed by atoms with van der Waals surface area (Å²) in [5, 5.41) is 2.66. The molecule has 0 spiro atoms. The van der Waals surface area contributed by atoms with Gasteiger partial charge in [-0.25, -0.2) is 9.18 Å². The molecule has 24 heavy (non-hydrogen) atoms. The lowest BCUT2D eigenvalue weighted by atomic mass is 10.1. The van der Waals surface area contributed by atoms with E-state index in [1.54, 1.807) is 24.3 Å². The SMILES string of the molecule is CCc1ccc(C(=O)OCC(=O)NCCc2ccc(F)cc2)cc1. The zero-order valence-electron chi connectivity index (χ0n) is 13.5. The van der Waals surface area contributed by atoms with Crippen molar-refractivity contribution in [1.82, 2.24) is 5.32 Å². The summed E-state index contributed by atoms with van der Waals surface area (Å²) in [6.45, 7) is 2.11. The third kappa shape index (κ3) is 5.50. The molecule has 0 saturated carbocycles. The Morgan fingerprint density at radius 3 is 2.25 bits per heavy atom. The molecule has 0 unspecified atom stereocenters. The first kappa shape index (κ1) is 17.7. The lowest BCUT2D eigenvalue weighted by molar-refractivity contribution is -0.124. The average molecular weight is 329 g/mol. The number of rotatable bonds is 7. The third-order valence-corrected chi connectivity index (χ3v) is 3.58. The molecule has 0 saturated heterocycles. The fourth-order valence-electron chi connectivity index (χ4n) is 2.14. The van der Waals surface area contributed by atoms with Crippen molar-refractivity contribution in [3.63, 3.8) is 0 Å². The first-order chi connectivity index (χ1) is 11.6. The maximum atomic E-state index is 12.8. The van der Waals surface area contributed by atoms with Gasteiger partial charge in [-0.2, -0.15) is 0 Å². The van der Waals surface area contributed by atoms with Gasteiger partial charge >= 0.3 is 5.97 Å². The smallest absolute Gasteiger partial charge is 0.338 e. The molecule has 5 heteroatoms. The number of carbonyl (C=O) groups is 2. The van der Waals surface area contributed by atoms with E-state index in [9.17, 15) is 14.0 Å². The largest absolute Gasteiger partial charge is 0.452 e. The van der Waals surface area contributed by atoms with Crippen LogP contribution in [-0.2, 0) is 22.4 Å². The Kier molecular flexibility index (Phi) is 6.49. The molecule has 0 aliphatic rings. The zero-order valence-corrected chi connectivity index (χ0v) is 13.5. The van der Waals surface area contributed by atoms with Crippen molar-refractivity contribution in [2.75, 3.05) is 13.2 Å². The fourth-order valence-corrected chi connectivity index (χ4v) is 2.14. The second kappa shape index (κ2) is 8.82. The van der Waals surface area contributed by atoms with E-state index in [1.807, 2.05) is 19.1 Å². The molecule has 0 aliphatic carbocycles. The Balaban J connectivity index is 1.70. The second-order valence-electron chi connectivity index (χ2n) is 5.35. The lowest BCUT2D eigenvalue weighted by Gasteiger charge is -2.07. The number of nitrogens with one attached hydrogen (secondary N) is 1. The summed E-state index contributed by atoms with van der Waals surface area (Å²) in [5.41, 5.74) is 2.47. The van der Waals surface area contributed by atoms with Crippen molar-refractivity contribution in [1.29, 1.82) is 0 Å². The Bertz CT molecular complexity index is 681. The lowest BCUT2D eigenvalue weighted by Crippen LogP contribution is -2.30. The highest BCUT2D eigenvalue weighted by Gasteiger charge is 2.09. The Morgan fingerprint density at radius 1 is 1.00 bits per heavy atom. The molecule has 0 bridgehead atoms. The quantitative estimate of drug-likeness (QED) is 0.795. The molecule has 2 aromatic carbocycles. The number of benzene rings is 2. The molecule has 126 valence electrons. The highest BCUT2D eigenvalue weighted by Crippen LogP contribution is 2.06. The molecule has 2 aromatic rings. The van der Waals surface area contributed by atoms with Gasteiger partial charge in [0.1, 0.15) is 5.82 Å². The summed E-state index contributed by atoms with van der Waals surface area (Å²) >= 11 is 0. The van der Waals surface area contributed by atoms with Crippen LogP contribution in [0.2, 0.25) is 0 Å². The van der Waals surface area contributed by atoms with E-state index < -0.39 is 5.97 Å².